The molecule has 0 spiro atoms. The van der Waals surface area contributed by atoms with Gasteiger partial charge in [-0.1, -0.05) is 48.5 Å². The van der Waals surface area contributed by atoms with Gasteiger partial charge in [-0.2, -0.15) is 5.10 Å². The number of methoxy groups -OCH3 is 1. The number of fused-ring (bicyclic) bond motifs is 1. The minimum atomic E-state index is -0.598. The second-order valence-electron chi connectivity index (χ2n) is 7.76. The molecule has 4 aromatic rings. The van der Waals surface area contributed by atoms with Gasteiger partial charge in [0, 0.05) is 31.3 Å². The highest BCUT2D eigenvalue weighted by molar-refractivity contribution is 6.04. The number of aromatic nitrogens is 3. The summed E-state index contributed by atoms with van der Waals surface area (Å²) in [5, 5.41) is 4.92. The molecule has 0 radical (unpaired) electrons. The predicted octanol–water partition coefficient (Wildman–Crippen LogP) is 3.94. The Labute approximate surface area is 197 Å². The first-order valence-electron chi connectivity index (χ1n) is 11.0. The van der Waals surface area contributed by atoms with Crippen molar-refractivity contribution in [2.45, 2.75) is 20.0 Å². The van der Waals surface area contributed by atoms with E-state index in [-0.39, 0.29) is 12.5 Å². The number of pyridine rings is 1. The largest absolute Gasteiger partial charge is 0.496 e. The summed E-state index contributed by atoms with van der Waals surface area (Å²) in [6, 6.07) is 18.7. The van der Waals surface area contributed by atoms with E-state index < -0.39 is 5.97 Å². The molecule has 8 heteroatoms. The van der Waals surface area contributed by atoms with Crippen LogP contribution in [0.5, 0.6) is 5.75 Å². The molecule has 2 aromatic heterocycles. The van der Waals surface area contributed by atoms with Gasteiger partial charge in [0.1, 0.15) is 5.75 Å². The van der Waals surface area contributed by atoms with Crippen LogP contribution in [0.1, 0.15) is 22.8 Å². The number of carbonyl (C=O) groups is 2. The summed E-state index contributed by atoms with van der Waals surface area (Å²) >= 11 is 0. The molecule has 0 N–H and O–H groups in total. The van der Waals surface area contributed by atoms with Crippen molar-refractivity contribution in [3.63, 3.8) is 0 Å². The van der Waals surface area contributed by atoms with Crippen LogP contribution in [-0.2, 0) is 22.6 Å². The molecule has 0 aliphatic heterocycles. The van der Waals surface area contributed by atoms with E-state index in [1.165, 1.54) is 4.90 Å². The first-order chi connectivity index (χ1) is 16.5. The van der Waals surface area contributed by atoms with E-state index in [1.807, 2.05) is 61.5 Å². The zero-order valence-electron chi connectivity index (χ0n) is 19.4. The van der Waals surface area contributed by atoms with Crippen LogP contribution in [-0.4, -0.2) is 52.3 Å². The summed E-state index contributed by atoms with van der Waals surface area (Å²) in [6.45, 7) is 2.52. The van der Waals surface area contributed by atoms with E-state index >= 15 is 0 Å². The number of carbonyl (C=O) groups excluding carboxylic acids is 2. The van der Waals surface area contributed by atoms with Gasteiger partial charge in [-0.25, -0.2) is 14.5 Å². The first-order valence-corrected chi connectivity index (χ1v) is 11.0. The van der Waals surface area contributed by atoms with Gasteiger partial charge >= 0.3 is 5.97 Å². The van der Waals surface area contributed by atoms with Crippen LogP contribution >= 0.6 is 0 Å². The topological polar surface area (TPSA) is 86.6 Å². The average Bonchev–Trinajstić information content (AvgIpc) is 3.30. The summed E-state index contributed by atoms with van der Waals surface area (Å²) < 4.78 is 12.5. The van der Waals surface area contributed by atoms with Crippen molar-refractivity contribution in [1.29, 1.82) is 0 Å². The molecule has 174 valence electrons. The van der Waals surface area contributed by atoms with Crippen LogP contribution in [0, 0.1) is 0 Å². The zero-order chi connectivity index (χ0) is 24.1. The van der Waals surface area contributed by atoms with E-state index in [1.54, 1.807) is 31.1 Å². The van der Waals surface area contributed by atoms with Crippen molar-refractivity contribution in [2.75, 3.05) is 20.8 Å². The molecule has 0 bridgehead atoms. The fourth-order valence-corrected chi connectivity index (χ4v) is 3.70. The smallest absolute Gasteiger partial charge is 0.339 e. The summed E-state index contributed by atoms with van der Waals surface area (Å²) in [7, 11) is 3.24. The zero-order valence-corrected chi connectivity index (χ0v) is 19.4. The summed E-state index contributed by atoms with van der Waals surface area (Å²) in [4.78, 5) is 31.9. The van der Waals surface area contributed by atoms with Crippen LogP contribution in [0.15, 0.2) is 66.9 Å². The number of ether oxygens (including phenoxy) is 2. The monoisotopic (exact) mass is 458 g/mol. The molecule has 0 saturated heterocycles. The number of benzene rings is 2. The Bertz CT molecular complexity index is 1320. The Hall–Kier alpha value is -4.20. The third kappa shape index (κ3) is 4.76. The van der Waals surface area contributed by atoms with Gasteiger partial charge in [0.05, 0.1) is 30.0 Å². The molecule has 4 rings (SSSR count). The van der Waals surface area contributed by atoms with E-state index in [0.29, 0.717) is 41.1 Å². The Kier molecular flexibility index (Phi) is 6.87. The number of likely N-dealkylation sites (N-methyl/N-ethyl adjacent to an activating group) is 1. The van der Waals surface area contributed by atoms with Gasteiger partial charge in [-0.3, -0.25) is 4.79 Å². The van der Waals surface area contributed by atoms with E-state index in [2.05, 4.69) is 5.10 Å². The highest BCUT2D eigenvalue weighted by Gasteiger charge is 2.20. The van der Waals surface area contributed by atoms with Crippen molar-refractivity contribution in [2.24, 2.45) is 0 Å². The Balaban J connectivity index is 1.53. The van der Waals surface area contributed by atoms with Crippen molar-refractivity contribution >= 4 is 22.9 Å². The summed E-state index contributed by atoms with van der Waals surface area (Å²) in [5.41, 5.74) is 3.28. The Morgan fingerprint density at radius 3 is 2.53 bits per heavy atom. The van der Waals surface area contributed by atoms with Crippen molar-refractivity contribution in [3.8, 4) is 17.0 Å². The van der Waals surface area contributed by atoms with E-state index in [0.717, 1.165) is 11.1 Å². The summed E-state index contributed by atoms with van der Waals surface area (Å²) in [5.74, 6) is -0.226. The Morgan fingerprint density at radius 1 is 1.06 bits per heavy atom. The Morgan fingerprint density at radius 2 is 1.79 bits per heavy atom. The summed E-state index contributed by atoms with van der Waals surface area (Å²) in [6.07, 6.45) is 1.60. The highest BCUT2D eigenvalue weighted by atomic mass is 16.5. The first kappa shape index (κ1) is 23.0. The maximum absolute atomic E-state index is 13.0. The third-order valence-corrected chi connectivity index (χ3v) is 5.55. The number of rotatable bonds is 8. The number of aryl methyl sites for hydroxylation is 1. The van der Waals surface area contributed by atoms with Gasteiger partial charge in [0.15, 0.2) is 12.3 Å². The van der Waals surface area contributed by atoms with Crippen molar-refractivity contribution < 1.29 is 19.1 Å². The molecule has 0 saturated carbocycles. The fraction of sp³-hybridized carbons (Fsp3) is 0.231. The molecule has 0 aliphatic carbocycles. The molecule has 2 heterocycles. The quantitative estimate of drug-likeness (QED) is 0.372. The normalized spacial score (nSPS) is 10.8. The lowest BCUT2D eigenvalue weighted by Crippen LogP contribution is -2.31. The second-order valence-corrected chi connectivity index (χ2v) is 7.76. The molecule has 0 atom stereocenters. The molecule has 0 aliphatic rings. The number of hydrogen-bond acceptors (Lipinski definition) is 6. The van der Waals surface area contributed by atoms with Crippen LogP contribution in [0.4, 0.5) is 0 Å². The number of esters is 1. The molecule has 2 aromatic carbocycles. The van der Waals surface area contributed by atoms with Gasteiger partial charge < -0.3 is 14.4 Å². The number of amides is 1. The number of para-hydroxylation sites is 1. The highest BCUT2D eigenvalue weighted by Crippen LogP contribution is 2.25. The minimum absolute atomic E-state index is 0.322. The van der Waals surface area contributed by atoms with Gasteiger partial charge in [-0.05, 0) is 19.1 Å². The molecular formula is C26H26N4O4. The van der Waals surface area contributed by atoms with Crippen LogP contribution in [0.25, 0.3) is 22.3 Å². The third-order valence-electron chi connectivity index (χ3n) is 5.55. The van der Waals surface area contributed by atoms with Gasteiger partial charge in [-0.15, -0.1) is 0 Å². The number of hydrogen-bond donors (Lipinski definition) is 0. The van der Waals surface area contributed by atoms with Gasteiger partial charge in [0.25, 0.3) is 5.91 Å². The molecule has 34 heavy (non-hydrogen) atoms. The van der Waals surface area contributed by atoms with Crippen molar-refractivity contribution in [1.82, 2.24) is 19.7 Å². The van der Waals surface area contributed by atoms with Crippen LogP contribution < -0.4 is 4.74 Å². The molecular weight excluding hydrogens is 432 g/mol. The SMILES string of the molecule is CCn1ncc2c(C(=O)OCC(=O)N(C)Cc3ccccc3OC)cc(-c3ccccc3)nc21. The molecule has 1 amide bonds. The van der Waals surface area contributed by atoms with Crippen molar-refractivity contribution in [3.05, 3.63) is 78.0 Å². The lowest BCUT2D eigenvalue weighted by molar-refractivity contribution is -0.133. The second kappa shape index (κ2) is 10.2. The van der Waals surface area contributed by atoms with Crippen LogP contribution in [0.3, 0.4) is 0 Å². The maximum Gasteiger partial charge on any atom is 0.339 e. The van der Waals surface area contributed by atoms with E-state index in [4.69, 9.17) is 14.5 Å². The number of nitrogens with zero attached hydrogens (tertiary/aromatic N) is 4. The minimum Gasteiger partial charge on any atom is -0.496 e. The van der Waals surface area contributed by atoms with E-state index in [9.17, 15) is 9.59 Å². The van der Waals surface area contributed by atoms with Gasteiger partial charge in [0.2, 0.25) is 0 Å². The average molecular weight is 459 g/mol. The molecule has 0 fully saturated rings. The predicted molar refractivity (Wildman–Crippen MR) is 128 cm³/mol. The standard InChI is InChI=1S/C26H26N4O4/c1-4-30-25-21(15-27-30)20(14-22(28-25)18-10-6-5-7-11-18)26(32)34-17-24(31)29(2)16-19-12-8-9-13-23(19)33-3/h5-15H,4,16-17H2,1-3H3. The lowest BCUT2D eigenvalue weighted by atomic mass is 10.1. The lowest BCUT2D eigenvalue weighted by Gasteiger charge is -2.19. The maximum atomic E-state index is 13.0. The van der Waals surface area contributed by atoms with Crippen LogP contribution in [0.2, 0.25) is 0 Å². The fourth-order valence-electron chi connectivity index (χ4n) is 3.70. The molecule has 8 nitrogen and oxygen atoms in total. The molecule has 0 unspecified atom stereocenters.